The fraction of sp³-hybridized carbons (Fsp3) is 0.167. The van der Waals surface area contributed by atoms with Crippen molar-refractivity contribution in [3.63, 3.8) is 0 Å². The summed E-state index contributed by atoms with van der Waals surface area (Å²) in [6, 6.07) is 5.26. The average molecular weight is 251 g/mol. The molecule has 0 saturated heterocycles. The summed E-state index contributed by atoms with van der Waals surface area (Å²) in [7, 11) is 0. The minimum absolute atomic E-state index is 0.290. The fourth-order valence-corrected chi connectivity index (χ4v) is 1.68. The fourth-order valence-electron chi connectivity index (χ4n) is 1.46. The third-order valence-corrected chi connectivity index (χ3v) is 2.63. The van der Waals surface area contributed by atoms with E-state index in [2.05, 4.69) is 10.5 Å². The van der Waals surface area contributed by atoms with Crippen LogP contribution in [0.2, 0.25) is 5.02 Å². The van der Waals surface area contributed by atoms with Crippen LogP contribution in [0.3, 0.4) is 0 Å². The number of benzene rings is 1. The van der Waals surface area contributed by atoms with E-state index in [-0.39, 0.29) is 5.91 Å². The number of anilines is 1. The topological polar surface area (TPSA) is 55.1 Å². The van der Waals surface area contributed by atoms with Crippen LogP contribution in [-0.4, -0.2) is 11.1 Å². The molecule has 0 bridgehead atoms. The molecule has 0 aliphatic heterocycles. The maximum Gasteiger partial charge on any atom is 0.278 e. The van der Waals surface area contributed by atoms with E-state index in [9.17, 15) is 4.79 Å². The molecule has 0 fully saturated rings. The predicted octanol–water partition coefficient (Wildman–Crippen LogP) is 3.20. The van der Waals surface area contributed by atoms with Gasteiger partial charge in [-0.05, 0) is 37.6 Å². The van der Waals surface area contributed by atoms with Gasteiger partial charge in [-0.2, -0.15) is 0 Å². The van der Waals surface area contributed by atoms with Gasteiger partial charge in [0.1, 0.15) is 6.26 Å². The first-order valence-electron chi connectivity index (χ1n) is 5.06. The van der Waals surface area contributed by atoms with E-state index in [1.807, 2.05) is 6.92 Å². The predicted molar refractivity (Wildman–Crippen MR) is 65.4 cm³/mol. The Bertz CT molecular complexity index is 563. The Morgan fingerprint density at radius 3 is 2.71 bits per heavy atom. The molecule has 1 aromatic heterocycles. The van der Waals surface area contributed by atoms with Crippen molar-refractivity contribution < 1.29 is 9.32 Å². The van der Waals surface area contributed by atoms with Crippen molar-refractivity contribution >= 4 is 23.2 Å². The van der Waals surface area contributed by atoms with Gasteiger partial charge in [0.2, 0.25) is 0 Å². The van der Waals surface area contributed by atoms with Crippen molar-refractivity contribution in [2.75, 3.05) is 5.32 Å². The van der Waals surface area contributed by atoms with E-state index >= 15 is 0 Å². The smallest absolute Gasteiger partial charge is 0.278 e. The summed E-state index contributed by atoms with van der Waals surface area (Å²) in [4.78, 5) is 11.9. The number of amides is 1. The highest BCUT2D eigenvalue weighted by atomic mass is 35.5. The monoisotopic (exact) mass is 250 g/mol. The number of hydrogen-bond acceptors (Lipinski definition) is 3. The van der Waals surface area contributed by atoms with Crippen LogP contribution in [0, 0.1) is 13.8 Å². The van der Waals surface area contributed by atoms with E-state index in [1.165, 1.54) is 6.26 Å². The Kier molecular flexibility index (Phi) is 3.15. The minimum atomic E-state index is -0.290. The second-order valence-electron chi connectivity index (χ2n) is 3.76. The van der Waals surface area contributed by atoms with E-state index in [1.54, 1.807) is 25.1 Å². The lowest BCUT2D eigenvalue weighted by atomic mass is 10.2. The largest absolute Gasteiger partial charge is 0.364 e. The SMILES string of the molecule is Cc1cc(Cl)ccc1NC(=O)c1nocc1C. The number of hydrogen-bond donors (Lipinski definition) is 1. The summed E-state index contributed by atoms with van der Waals surface area (Å²) in [5, 5.41) is 7.04. The van der Waals surface area contributed by atoms with Gasteiger partial charge < -0.3 is 9.84 Å². The first-order valence-corrected chi connectivity index (χ1v) is 5.44. The van der Waals surface area contributed by atoms with Gasteiger partial charge >= 0.3 is 0 Å². The van der Waals surface area contributed by atoms with Gasteiger partial charge in [0.05, 0.1) is 0 Å². The second-order valence-corrected chi connectivity index (χ2v) is 4.20. The molecule has 1 heterocycles. The van der Waals surface area contributed by atoms with Crippen molar-refractivity contribution in [1.29, 1.82) is 0 Å². The molecule has 17 heavy (non-hydrogen) atoms. The van der Waals surface area contributed by atoms with E-state index in [0.29, 0.717) is 22.0 Å². The number of halogens is 1. The molecule has 2 rings (SSSR count). The molecule has 0 radical (unpaired) electrons. The molecule has 1 amide bonds. The summed E-state index contributed by atoms with van der Waals surface area (Å²) >= 11 is 5.84. The van der Waals surface area contributed by atoms with Crippen LogP contribution in [0.4, 0.5) is 5.69 Å². The zero-order valence-electron chi connectivity index (χ0n) is 9.45. The van der Waals surface area contributed by atoms with Gasteiger partial charge in [0, 0.05) is 16.3 Å². The molecule has 0 aliphatic carbocycles. The van der Waals surface area contributed by atoms with Gasteiger partial charge in [-0.25, -0.2) is 0 Å². The Balaban J connectivity index is 2.22. The maximum absolute atomic E-state index is 11.9. The third kappa shape index (κ3) is 2.47. The average Bonchev–Trinajstić information content (AvgIpc) is 2.68. The highest BCUT2D eigenvalue weighted by Crippen LogP contribution is 2.20. The van der Waals surface area contributed by atoms with Gasteiger partial charge in [-0.3, -0.25) is 4.79 Å². The molecule has 0 atom stereocenters. The van der Waals surface area contributed by atoms with E-state index in [0.717, 1.165) is 5.56 Å². The van der Waals surface area contributed by atoms with Crippen LogP contribution in [-0.2, 0) is 0 Å². The van der Waals surface area contributed by atoms with Crippen LogP contribution in [0.25, 0.3) is 0 Å². The third-order valence-electron chi connectivity index (χ3n) is 2.40. The molecule has 0 saturated carbocycles. The van der Waals surface area contributed by atoms with E-state index in [4.69, 9.17) is 16.1 Å². The van der Waals surface area contributed by atoms with Crippen LogP contribution < -0.4 is 5.32 Å². The standard InChI is InChI=1S/C12H11ClN2O2/c1-7-5-9(13)3-4-10(7)14-12(16)11-8(2)6-17-15-11/h3-6H,1-2H3,(H,14,16). The van der Waals surface area contributed by atoms with Crippen molar-refractivity contribution in [2.24, 2.45) is 0 Å². The quantitative estimate of drug-likeness (QED) is 0.891. The summed E-state index contributed by atoms with van der Waals surface area (Å²) in [5.74, 6) is -0.290. The number of nitrogens with zero attached hydrogens (tertiary/aromatic N) is 1. The summed E-state index contributed by atoms with van der Waals surface area (Å²) in [6.45, 7) is 3.64. The molecule has 2 aromatic rings. The number of aromatic nitrogens is 1. The molecule has 0 spiro atoms. The Labute approximate surface area is 104 Å². The maximum atomic E-state index is 11.9. The Morgan fingerprint density at radius 2 is 2.12 bits per heavy atom. The summed E-state index contributed by atoms with van der Waals surface area (Å²) in [5.41, 5.74) is 2.60. The lowest BCUT2D eigenvalue weighted by molar-refractivity contribution is 0.101. The molecule has 1 aromatic carbocycles. The second kappa shape index (κ2) is 4.59. The first kappa shape index (κ1) is 11.7. The van der Waals surface area contributed by atoms with Crippen LogP contribution >= 0.6 is 11.6 Å². The van der Waals surface area contributed by atoms with Gasteiger partial charge in [0.15, 0.2) is 5.69 Å². The molecule has 5 heteroatoms. The summed E-state index contributed by atoms with van der Waals surface area (Å²) in [6.07, 6.45) is 1.43. The number of aryl methyl sites for hydroxylation is 2. The van der Waals surface area contributed by atoms with E-state index < -0.39 is 0 Å². The summed E-state index contributed by atoms with van der Waals surface area (Å²) < 4.78 is 4.72. The molecule has 88 valence electrons. The molecular formula is C12H11ClN2O2. The van der Waals surface area contributed by atoms with Crippen molar-refractivity contribution in [3.8, 4) is 0 Å². The Morgan fingerprint density at radius 1 is 1.35 bits per heavy atom. The zero-order valence-corrected chi connectivity index (χ0v) is 10.2. The van der Waals surface area contributed by atoms with Crippen LogP contribution in [0.1, 0.15) is 21.6 Å². The molecule has 0 unspecified atom stereocenters. The highest BCUT2D eigenvalue weighted by Gasteiger charge is 2.14. The van der Waals surface area contributed by atoms with Crippen LogP contribution in [0.5, 0.6) is 0 Å². The highest BCUT2D eigenvalue weighted by molar-refractivity contribution is 6.30. The molecule has 0 aliphatic rings. The molecule has 4 nitrogen and oxygen atoms in total. The van der Waals surface area contributed by atoms with Crippen molar-refractivity contribution in [3.05, 3.63) is 46.3 Å². The molecular weight excluding hydrogens is 240 g/mol. The van der Waals surface area contributed by atoms with Gasteiger partial charge in [-0.1, -0.05) is 16.8 Å². The van der Waals surface area contributed by atoms with Crippen molar-refractivity contribution in [2.45, 2.75) is 13.8 Å². The normalized spacial score (nSPS) is 10.3. The Hall–Kier alpha value is -1.81. The number of rotatable bonds is 2. The lowest BCUT2D eigenvalue weighted by Gasteiger charge is -2.07. The zero-order chi connectivity index (χ0) is 12.4. The number of carbonyl (C=O) groups is 1. The number of nitrogens with one attached hydrogen (secondary N) is 1. The van der Waals surface area contributed by atoms with Crippen molar-refractivity contribution in [1.82, 2.24) is 5.16 Å². The molecule has 1 N–H and O–H groups in total. The minimum Gasteiger partial charge on any atom is -0.364 e. The lowest BCUT2D eigenvalue weighted by Crippen LogP contribution is -2.14. The first-order chi connectivity index (χ1) is 8.08. The number of carbonyl (C=O) groups excluding carboxylic acids is 1. The van der Waals surface area contributed by atoms with Crippen LogP contribution in [0.15, 0.2) is 29.0 Å². The van der Waals surface area contributed by atoms with Gasteiger partial charge in [-0.15, -0.1) is 0 Å². The van der Waals surface area contributed by atoms with Gasteiger partial charge in [0.25, 0.3) is 5.91 Å².